The van der Waals surface area contributed by atoms with Gasteiger partial charge in [-0.25, -0.2) is 0 Å². The molecule has 404 valence electrons. The zero-order valence-corrected chi connectivity index (χ0v) is 46.3. The van der Waals surface area contributed by atoms with Crippen LogP contribution in [0, 0.1) is 0 Å². The highest BCUT2D eigenvalue weighted by Gasteiger charge is 2.19. The third-order valence-electron chi connectivity index (χ3n) is 13.6. The fourth-order valence-corrected chi connectivity index (χ4v) is 9.00. The molecule has 0 N–H and O–H groups in total. The molecular weight excluding hydrogens is 853 g/mol. The van der Waals surface area contributed by atoms with E-state index in [0.29, 0.717) is 19.3 Å². The van der Waals surface area contributed by atoms with Gasteiger partial charge in [0, 0.05) is 19.3 Å². The largest absolute Gasteiger partial charge is 0.462 e. The summed E-state index contributed by atoms with van der Waals surface area (Å²) in [6.07, 6.45) is 70.0. The number of ether oxygens (including phenoxy) is 3. The molecule has 1 atom stereocenters. The number of rotatable bonds is 56. The second-order valence-electron chi connectivity index (χ2n) is 20.6. The Morgan fingerprint density at radius 3 is 0.855 bits per heavy atom. The number of esters is 3. The fraction of sp³-hybridized carbons (Fsp3) is 0.857. The van der Waals surface area contributed by atoms with Gasteiger partial charge >= 0.3 is 17.9 Å². The Labute approximate surface area is 429 Å². The summed E-state index contributed by atoms with van der Waals surface area (Å²) in [5.41, 5.74) is 0. The van der Waals surface area contributed by atoms with Crippen LogP contribution in [0.4, 0.5) is 0 Å². The molecule has 0 saturated heterocycles. The van der Waals surface area contributed by atoms with Gasteiger partial charge in [-0.1, -0.05) is 269 Å². The first-order valence-electron chi connectivity index (χ1n) is 30.5. The highest BCUT2D eigenvalue weighted by molar-refractivity contribution is 5.71. The maximum atomic E-state index is 12.8. The normalized spacial score (nSPS) is 12.2. The zero-order valence-electron chi connectivity index (χ0n) is 46.3. The maximum Gasteiger partial charge on any atom is 0.306 e. The number of hydrogen-bond acceptors (Lipinski definition) is 6. The standard InChI is InChI=1S/C63H116O6/c1-4-7-10-13-16-19-22-25-27-29-31-33-35-38-40-43-46-49-52-55-61(64)67-58-60(69-63(66)57-54-51-48-45-42-37-24-21-18-15-12-9-6-3)59-68-62(65)56-53-50-47-44-41-39-36-34-32-30-28-26-23-20-17-14-11-8-5-2/h16,19,21,24-25,27,60H,4-15,17-18,20,22-23,26,28-59H2,1-3H3/b19-16-,24-21-,27-25-/t60-/m1/s1. The molecule has 0 aliphatic rings. The monoisotopic (exact) mass is 969 g/mol. The molecule has 0 aliphatic carbocycles. The first kappa shape index (κ1) is 66.6. The Kier molecular flexibility index (Phi) is 56.2. The minimum atomic E-state index is -0.775. The van der Waals surface area contributed by atoms with Gasteiger partial charge < -0.3 is 14.2 Å². The van der Waals surface area contributed by atoms with Crippen LogP contribution in [0.1, 0.15) is 329 Å². The van der Waals surface area contributed by atoms with Gasteiger partial charge in [-0.3, -0.25) is 14.4 Å². The molecule has 0 rings (SSSR count). The lowest BCUT2D eigenvalue weighted by Gasteiger charge is -2.18. The van der Waals surface area contributed by atoms with Crippen molar-refractivity contribution in [2.75, 3.05) is 13.2 Å². The predicted octanol–water partition coefficient (Wildman–Crippen LogP) is 20.4. The quantitative estimate of drug-likeness (QED) is 0.0261. The number of hydrogen-bond donors (Lipinski definition) is 0. The molecule has 6 nitrogen and oxygen atoms in total. The number of unbranched alkanes of at least 4 members (excludes halogenated alkanes) is 39. The third kappa shape index (κ3) is 56.4. The molecule has 0 saturated carbocycles. The summed E-state index contributed by atoms with van der Waals surface area (Å²) in [6.45, 7) is 6.64. The van der Waals surface area contributed by atoms with Crippen LogP contribution in [0.25, 0.3) is 0 Å². The van der Waals surface area contributed by atoms with Crippen molar-refractivity contribution in [2.45, 2.75) is 335 Å². The molecule has 0 unspecified atom stereocenters. The summed E-state index contributed by atoms with van der Waals surface area (Å²) < 4.78 is 16.9. The molecule has 6 heteroatoms. The van der Waals surface area contributed by atoms with Gasteiger partial charge in [-0.2, -0.15) is 0 Å². The van der Waals surface area contributed by atoms with Crippen LogP contribution < -0.4 is 0 Å². The first-order valence-corrected chi connectivity index (χ1v) is 30.5. The molecule has 0 bridgehead atoms. The van der Waals surface area contributed by atoms with E-state index in [0.717, 1.165) is 70.6 Å². The number of carbonyl (C=O) groups is 3. The highest BCUT2D eigenvalue weighted by Crippen LogP contribution is 2.17. The SMILES string of the molecule is CCCCC/C=C\C/C=C\CCCCCCCCCCCC(=O)OC[C@H](COC(=O)CCCCCCCCCCCCCCCCCCCCC)OC(=O)CCCCCCC/C=C\CCCCCC. The van der Waals surface area contributed by atoms with Crippen molar-refractivity contribution >= 4 is 17.9 Å². The lowest BCUT2D eigenvalue weighted by Crippen LogP contribution is -2.30. The summed E-state index contributed by atoms with van der Waals surface area (Å²) >= 11 is 0. The van der Waals surface area contributed by atoms with Crippen molar-refractivity contribution in [3.05, 3.63) is 36.5 Å². The molecule has 0 aliphatic heterocycles. The summed E-state index contributed by atoms with van der Waals surface area (Å²) in [5, 5.41) is 0. The molecular formula is C63H116O6. The number of carbonyl (C=O) groups excluding carboxylic acids is 3. The van der Waals surface area contributed by atoms with Gasteiger partial charge in [0.25, 0.3) is 0 Å². The minimum Gasteiger partial charge on any atom is -0.462 e. The first-order chi connectivity index (χ1) is 34.0. The van der Waals surface area contributed by atoms with E-state index in [2.05, 4.69) is 57.2 Å². The van der Waals surface area contributed by atoms with Crippen LogP contribution in [-0.2, 0) is 28.6 Å². The van der Waals surface area contributed by atoms with E-state index in [-0.39, 0.29) is 31.1 Å². The second-order valence-corrected chi connectivity index (χ2v) is 20.6. The van der Waals surface area contributed by atoms with E-state index in [1.165, 1.54) is 218 Å². The Morgan fingerprint density at radius 2 is 0.522 bits per heavy atom. The Morgan fingerprint density at radius 1 is 0.290 bits per heavy atom. The van der Waals surface area contributed by atoms with E-state index in [1.807, 2.05) is 0 Å². The maximum absolute atomic E-state index is 12.8. The van der Waals surface area contributed by atoms with Crippen LogP contribution in [0.15, 0.2) is 36.5 Å². The second kappa shape index (κ2) is 58.2. The van der Waals surface area contributed by atoms with Gasteiger partial charge in [0.2, 0.25) is 0 Å². The van der Waals surface area contributed by atoms with Crippen molar-refractivity contribution in [3.8, 4) is 0 Å². The van der Waals surface area contributed by atoms with E-state index in [1.54, 1.807) is 0 Å². The lowest BCUT2D eigenvalue weighted by molar-refractivity contribution is -0.167. The smallest absolute Gasteiger partial charge is 0.306 e. The van der Waals surface area contributed by atoms with Crippen molar-refractivity contribution < 1.29 is 28.6 Å². The molecule has 69 heavy (non-hydrogen) atoms. The molecule has 0 amide bonds. The van der Waals surface area contributed by atoms with Crippen LogP contribution in [0.2, 0.25) is 0 Å². The Balaban J connectivity index is 4.30. The molecule has 0 radical (unpaired) electrons. The molecule has 0 aromatic heterocycles. The van der Waals surface area contributed by atoms with Crippen molar-refractivity contribution in [1.82, 2.24) is 0 Å². The average Bonchev–Trinajstić information content (AvgIpc) is 3.35. The van der Waals surface area contributed by atoms with Crippen molar-refractivity contribution in [2.24, 2.45) is 0 Å². The lowest BCUT2D eigenvalue weighted by atomic mass is 10.0. The predicted molar refractivity (Wildman–Crippen MR) is 298 cm³/mol. The topological polar surface area (TPSA) is 78.9 Å². The van der Waals surface area contributed by atoms with Crippen LogP contribution >= 0.6 is 0 Å². The summed E-state index contributed by atoms with van der Waals surface area (Å²) in [6, 6.07) is 0. The van der Waals surface area contributed by atoms with Gasteiger partial charge in [-0.05, 0) is 77.0 Å². The third-order valence-corrected chi connectivity index (χ3v) is 13.6. The molecule has 0 aromatic rings. The average molecular weight is 970 g/mol. The molecule has 0 fully saturated rings. The van der Waals surface area contributed by atoms with E-state index in [9.17, 15) is 14.4 Å². The molecule has 0 heterocycles. The van der Waals surface area contributed by atoms with E-state index >= 15 is 0 Å². The van der Waals surface area contributed by atoms with Crippen molar-refractivity contribution in [3.63, 3.8) is 0 Å². The molecule has 0 aromatic carbocycles. The Bertz CT molecular complexity index is 1160. The van der Waals surface area contributed by atoms with E-state index in [4.69, 9.17) is 14.2 Å². The van der Waals surface area contributed by atoms with Gasteiger partial charge in [0.05, 0.1) is 0 Å². The Hall–Kier alpha value is -2.37. The minimum absolute atomic E-state index is 0.0728. The van der Waals surface area contributed by atoms with Crippen LogP contribution in [-0.4, -0.2) is 37.2 Å². The summed E-state index contributed by atoms with van der Waals surface area (Å²) in [5.74, 6) is -0.866. The van der Waals surface area contributed by atoms with Gasteiger partial charge in [-0.15, -0.1) is 0 Å². The zero-order chi connectivity index (χ0) is 50.0. The van der Waals surface area contributed by atoms with Gasteiger partial charge in [0.1, 0.15) is 13.2 Å². The van der Waals surface area contributed by atoms with Crippen LogP contribution in [0.3, 0.4) is 0 Å². The highest BCUT2D eigenvalue weighted by atomic mass is 16.6. The van der Waals surface area contributed by atoms with Gasteiger partial charge in [0.15, 0.2) is 6.10 Å². The summed E-state index contributed by atoms with van der Waals surface area (Å²) in [7, 11) is 0. The number of allylic oxidation sites excluding steroid dienone is 6. The fourth-order valence-electron chi connectivity index (χ4n) is 9.00. The summed E-state index contributed by atoms with van der Waals surface area (Å²) in [4.78, 5) is 38.2. The van der Waals surface area contributed by atoms with Crippen LogP contribution in [0.5, 0.6) is 0 Å². The van der Waals surface area contributed by atoms with Crippen molar-refractivity contribution in [1.29, 1.82) is 0 Å². The molecule has 0 spiro atoms. The van der Waals surface area contributed by atoms with E-state index < -0.39 is 6.10 Å².